The van der Waals surface area contributed by atoms with E-state index in [9.17, 15) is 4.79 Å². The van der Waals surface area contributed by atoms with Gasteiger partial charge in [-0.2, -0.15) is 0 Å². The van der Waals surface area contributed by atoms with Crippen molar-refractivity contribution in [3.8, 4) is 0 Å². The summed E-state index contributed by atoms with van der Waals surface area (Å²) in [6, 6.07) is 15.6. The average molecular weight is 325 g/mol. The number of halogens is 1. The van der Waals surface area contributed by atoms with Gasteiger partial charge in [-0.3, -0.25) is 9.79 Å². The lowest BCUT2D eigenvalue weighted by atomic mass is 10.0. The summed E-state index contributed by atoms with van der Waals surface area (Å²) in [6.07, 6.45) is 2.87. The lowest BCUT2D eigenvalue weighted by Gasteiger charge is -2.25. The number of hydrogen-bond donors (Lipinski definition) is 0. The highest BCUT2D eigenvalue weighted by Gasteiger charge is 2.36. The Morgan fingerprint density at radius 3 is 2.91 bits per heavy atom. The largest absolute Gasteiger partial charge is 0.305 e. The second kappa shape index (κ2) is 5.82. The summed E-state index contributed by atoms with van der Waals surface area (Å²) in [5.41, 5.74) is 3.85. The molecule has 1 atom stereocenters. The molecule has 1 fully saturated rings. The van der Waals surface area contributed by atoms with E-state index < -0.39 is 0 Å². The lowest BCUT2D eigenvalue weighted by Crippen LogP contribution is -2.36. The first-order chi connectivity index (χ1) is 11.2. The number of carbonyl (C=O) groups is 1. The molecule has 4 heteroatoms. The Morgan fingerprint density at radius 1 is 1.17 bits per heavy atom. The second-order valence-electron chi connectivity index (χ2n) is 6.09. The van der Waals surface area contributed by atoms with E-state index >= 15 is 0 Å². The van der Waals surface area contributed by atoms with Gasteiger partial charge in [0.15, 0.2) is 0 Å². The molecule has 3 nitrogen and oxygen atoms in total. The molecular formula is C19H17ClN2O. The Kier molecular flexibility index (Phi) is 3.66. The average Bonchev–Trinajstić information content (AvgIpc) is 2.97. The highest BCUT2D eigenvalue weighted by molar-refractivity contribution is 6.30. The van der Waals surface area contributed by atoms with Crippen molar-refractivity contribution >= 4 is 34.6 Å². The molecule has 1 amide bonds. The fraction of sp³-hybridized carbons (Fsp3) is 0.263. The van der Waals surface area contributed by atoms with Gasteiger partial charge in [-0.1, -0.05) is 35.9 Å². The number of hydrogen-bond acceptors (Lipinski definition) is 2. The minimum absolute atomic E-state index is 0.0680. The first-order valence-corrected chi connectivity index (χ1v) is 8.32. The number of nitrogens with zero attached hydrogens (tertiary/aromatic N) is 2. The highest BCUT2D eigenvalue weighted by Crippen LogP contribution is 2.38. The minimum atomic E-state index is -0.0680. The van der Waals surface area contributed by atoms with Crippen LogP contribution in [0.1, 0.15) is 24.8 Å². The molecule has 23 heavy (non-hydrogen) atoms. The van der Waals surface area contributed by atoms with Crippen LogP contribution >= 0.6 is 11.6 Å². The Balaban J connectivity index is 1.77. The molecule has 0 bridgehead atoms. The van der Waals surface area contributed by atoms with E-state index in [2.05, 4.69) is 0 Å². The molecule has 0 unspecified atom stereocenters. The molecule has 1 aliphatic heterocycles. The van der Waals surface area contributed by atoms with E-state index in [1.807, 2.05) is 53.4 Å². The number of anilines is 1. The van der Waals surface area contributed by atoms with E-state index in [1.54, 1.807) is 0 Å². The summed E-state index contributed by atoms with van der Waals surface area (Å²) in [4.78, 5) is 19.7. The predicted octanol–water partition coefficient (Wildman–Crippen LogP) is 4.76. The number of fused-ring (bicyclic) bond motifs is 2. The van der Waals surface area contributed by atoms with Crippen molar-refractivity contribution in [2.24, 2.45) is 10.9 Å². The number of para-hydroxylation sites is 2. The van der Waals surface area contributed by atoms with Crippen molar-refractivity contribution in [3.05, 3.63) is 59.1 Å². The van der Waals surface area contributed by atoms with Gasteiger partial charge < -0.3 is 4.90 Å². The predicted molar refractivity (Wildman–Crippen MR) is 93.5 cm³/mol. The van der Waals surface area contributed by atoms with Gasteiger partial charge >= 0.3 is 0 Å². The van der Waals surface area contributed by atoms with Gasteiger partial charge in [0.05, 0.1) is 23.8 Å². The fourth-order valence-corrected chi connectivity index (χ4v) is 3.67. The van der Waals surface area contributed by atoms with Gasteiger partial charge in [0.2, 0.25) is 5.91 Å². The van der Waals surface area contributed by atoms with E-state index in [1.165, 1.54) is 0 Å². The zero-order valence-electron chi connectivity index (χ0n) is 12.7. The molecule has 0 saturated heterocycles. The number of benzene rings is 2. The van der Waals surface area contributed by atoms with Crippen molar-refractivity contribution in [1.29, 1.82) is 0 Å². The summed E-state index contributed by atoms with van der Waals surface area (Å²) in [6.45, 7) is 0.524. The topological polar surface area (TPSA) is 32.7 Å². The third-order valence-corrected chi connectivity index (χ3v) is 4.79. The van der Waals surface area contributed by atoms with E-state index in [0.29, 0.717) is 11.6 Å². The zero-order chi connectivity index (χ0) is 15.8. The van der Waals surface area contributed by atoms with Crippen LogP contribution < -0.4 is 4.90 Å². The molecule has 0 spiro atoms. The van der Waals surface area contributed by atoms with E-state index in [4.69, 9.17) is 16.6 Å². The van der Waals surface area contributed by atoms with Crippen molar-refractivity contribution in [1.82, 2.24) is 0 Å². The molecule has 1 saturated carbocycles. The van der Waals surface area contributed by atoms with Crippen LogP contribution in [0.15, 0.2) is 53.5 Å². The Morgan fingerprint density at radius 2 is 2.04 bits per heavy atom. The number of carbonyl (C=O) groups excluding carboxylic acids is 1. The first-order valence-electron chi connectivity index (χ1n) is 7.95. The maximum absolute atomic E-state index is 13.1. The molecule has 1 aliphatic carbocycles. The number of aliphatic imine (C=N–C) groups is 1. The monoisotopic (exact) mass is 324 g/mol. The van der Waals surface area contributed by atoms with Crippen LogP contribution in [0.5, 0.6) is 0 Å². The van der Waals surface area contributed by atoms with Crippen LogP contribution in [0, 0.1) is 5.92 Å². The minimum Gasteiger partial charge on any atom is -0.305 e. The molecule has 0 N–H and O–H groups in total. The Hall–Kier alpha value is -2.13. The van der Waals surface area contributed by atoms with Crippen LogP contribution in [-0.2, 0) is 11.3 Å². The van der Waals surface area contributed by atoms with Gasteiger partial charge in [0.25, 0.3) is 0 Å². The van der Waals surface area contributed by atoms with Crippen molar-refractivity contribution < 1.29 is 4.79 Å². The van der Waals surface area contributed by atoms with Crippen LogP contribution in [0.4, 0.5) is 11.4 Å². The van der Waals surface area contributed by atoms with Crippen molar-refractivity contribution in [2.45, 2.75) is 25.8 Å². The van der Waals surface area contributed by atoms with Crippen LogP contribution in [-0.4, -0.2) is 11.6 Å². The van der Waals surface area contributed by atoms with Gasteiger partial charge in [-0.05, 0) is 49.1 Å². The quantitative estimate of drug-likeness (QED) is 0.784. The summed E-state index contributed by atoms with van der Waals surface area (Å²) >= 11 is 6.09. The van der Waals surface area contributed by atoms with Gasteiger partial charge in [-0.25, -0.2) is 0 Å². The fourth-order valence-electron chi connectivity index (χ4n) is 3.46. The summed E-state index contributed by atoms with van der Waals surface area (Å²) in [7, 11) is 0. The lowest BCUT2D eigenvalue weighted by molar-refractivity contribution is -0.120. The normalized spacial score (nSPS) is 19.9. The smallest absolute Gasteiger partial charge is 0.236 e. The molecule has 4 rings (SSSR count). The van der Waals surface area contributed by atoms with Crippen LogP contribution in [0.2, 0.25) is 5.02 Å². The second-order valence-corrected chi connectivity index (χ2v) is 6.53. The number of amides is 1. The van der Waals surface area contributed by atoms with Crippen molar-refractivity contribution in [3.63, 3.8) is 0 Å². The van der Waals surface area contributed by atoms with Gasteiger partial charge in [-0.15, -0.1) is 0 Å². The molecule has 0 aromatic heterocycles. The van der Waals surface area contributed by atoms with E-state index in [0.717, 1.165) is 41.9 Å². The summed E-state index contributed by atoms with van der Waals surface area (Å²) in [5, 5.41) is 0.691. The molecule has 2 aromatic rings. The maximum Gasteiger partial charge on any atom is 0.236 e. The molecule has 2 aromatic carbocycles. The standard InChI is InChI=1S/C19H17ClN2O/c20-14-6-3-5-13(11-14)12-22-18-10-2-1-8-17(18)21-16-9-4-7-15(16)19(22)23/h1-3,5-6,8,10-11,15H,4,7,9,12H2/t15-/m0/s1. The molecule has 1 heterocycles. The first kappa shape index (κ1) is 14.5. The van der Waals surface area contributed by atoms with Gasteiger partial charge in [0.1, 0.15) is 0 Å². The molecular weight excluding hydrogens is 308 g/mol. The molecule has 116 valence electrons. The number of rotatable bonds is 2. The van der Waals surface area contributed by atoms with Gasteiger partial charge in [0, 0.05) is 10.7 Å². The summed E-state index contributed by atoms with van der Waals surface area (Å²) in [5.74, 6) is 0.0905. The van der Waals surface area contributed by atoms with Crippen LogP contribution in [0.3, 0.4) is 0 Å². The SMILES string of the molecule is O=C1[C@H]2CCCC2=Nc2ccccc2N1Cc1cccc(Cl)c1. The third kappa shape index (κ3) is 2.66. The molecule has 2 aliphatic rings. The third-order valence-electron chi connectivity index (χ3n) is 4.56. The maximum atomic E-state index is 13.1. The van der Waals surface area contributed by atoms with Crippen LogP contribution in [0.25, 0.3) is 0 Å². The van der Waals surface area contributed by atoms with Crippen molar-refractivity contribution in [2.75, 3.05) is 4.90 Å². The zero-order valence-corrected chi connectivity index (χ0v) is 13.5. The molecule has 0 radical (unpaired) electrons. The van der Waals surface area contributed by atoms with E-state index in [-0.39, 0.29) is 11.8 Å². The highest BCUT2D eigenvalue weighted by atomic mass is 35.5. The summed E-state index contributed by atoms with van der Waals surface area (Å²) < 4.78 is 0. The Bertz CT molecular complexity index is 799. The Labute approximate surface area is 140 Å².